The zero-order valence-corrected chi connectivity index (χ0v) is 9.28. The molecule has 0 rings (SSSR count). The van der Waals surface area contributed by atoms with E-state index in [2.05, 4.69) is 5.32 Å². The molecule has 0 saturated heterocycles. The summed E-state index contributed by atoms with van der Waals surface area (Å²) in [7, 11) is 0. The first kappa shape index (κ1) is 13.7. The predicted molar refractivity (Wildman–Crippen MR) is 54.6 cm³/mol. The third kappa shape index (κ3) is 4.16. The van der Waals surface area contributed by atoms with Crippen molar-refractivity contribution >= 4 is 12.0 Å². The molecule has 0 bridgehead atoms. The monoisotopic (exact) mass is 218 g/mol. The maximum absolute atomic E-state index is 11.5. The van der Waals surface area contributed by atoms with Gasteiger partial charge in [-0.2, -0.15) is 0 Å². The Balaban J connectivity index is 4.39. The van der Waals surface area contributed by atoms with E-state index in [0.717, 1.165) is 0 Å². The van der Waals surface area contributed by atoms with Crippen LogP contribution in [0.25, 0.3) is 0 Å². The first-order valence-electron chi connectivity index (χ1n) is 4.76. The van der Waals surface area contributed by atoms with E-state index in [0.29, 0.717) is 6.54 Å². The second-order valence-corrected chi connectivity index (χ2v) is 3.66. The first-order chi connectivity index (χ1) is 6.85. The van der Waals surface area contributed by atoms with Crippen molar-refractivity contribution in [3.63, 3.8) is 0 Å². The number of carboxylic acid groups (broad SMARTS) is 1. The Hall–Kier alpha value is -1.30. The van der Waals surface area contributed by atoms with Gasteiger partial charge in [-0.05, 0) is 20.8 Å². The number of hydrogen-bond acceptors (Lipinski definition) is 3. The number of likely N-dealkylation sites (N-methyl/N-ethyl adjacent to an activating group) is 1. The summed E-state index contributed by atoms with van der Waals surface area (Å²) < 4.78 is 0. The highest BCUT2D eigenvalue weighted by Crippen LogP contribution is 2.03. The topological polar surface area (TPSA) is 89.9 Å². The molecule has 0 saturated carbocycles. The lowest BCUT2D eigenvalue weighted by Gasteiger charge is -2.26. The normalized spacial score (nSPS) is 10.9. The van der Waals surface area contributed by atoms with Crippen LogP contribution >= 0.6 is 0 Å². The smallest absolute Gasteiger partial charge is 0.328 e. The lowest BCUT2D eigenvalue weighted by Crippen LogP contribution is -2.54. The summed E-state index contributed by atoms with van der Waals surface area (Å²) >= 11 is 0. The van der Waals surface area contributed by atoms with E-state index in [-0.39, 0.29) is 13.2 Å². The van der Waals surface area contributed by atoms with Gasteiger partial charge in [0.2, 0.25) is 0 Å². The maximum atomic E-state index is 11.5. The number of nitrogens with zero attached hydrogens (tertiary/aromatic N) is 1. The minimum Gasteiger partial charge on any atom is -0.480 e. The zero-order chi connectivity index (χ0) is 12.1. The number of aliphatic carboxylic acids is 1. The zero-order valence-electron chi connectivity index (χ0n) is 9.28. The molecule has 0 heterocycles. The molecule has 88 valence electrons. The summed E-state index contributed by atoms with van der Waals surface area (Å²) in [4.78, 5) is 23.6. The Kier molecular flexibility index (Phi) is 5.07. The van der Waals surface area contributed by atoms with Gasteiger partial charge in [0.15, 0.2) is 0 Å². The number of aliphatic hydroxyl groups is 1. The highest BCUT2D eigenvalue weighted by molar-refractivity contribution is 5.85. The molecule has 0 aromatic heterocycles. The molecule has 0 unspecified atom stereocenters. The van der Waals surface area contributed by atoms with Gasteiger partial charge in [0, 0.05) is 13.1 Å². The summed E-state index contributed by atoms with van der Waals surface area (Å²) in [6, 6.07) is -0.487. The van der Waals surface area contributed by atoms with Crippen molar-refractivity contribution in [2.75, 3.05) is 19.7 Å². The average molecular weight is 218 g/mol. The Labute approximate surface area is 88.9 Å². The molecule has 6 heteroatoms. The van der Waals surface area contributed by atoms with Crippen molar-refractivity contribution < 1.29 is 19.8 Å². The van der Waals surface area contributed by atoms with Crippen LogP contribution in [-0.2, 0) is 4.79 Å². The van der Waals surface area contributed by atoms with Crippen LogP contribution in [0, 0.1) is 0 Å². The van der Waals surface area contributed by atoms with Crippen molar-refractivity contribution in [3.05, 3.63) is 0 Å². The number of carbonyl (C=O) groups excluding carboxylic acids is 1. The number of carboxylic acids is 1. The molecular weight excluding hydrogens is 200 g/mol. The molecule has 0 atom stereocenters. The molecular formula is C9H18N2O4. The molecule has 6 nitrogen and oxygen atoms in total. The van der Waals surface area contributed by atoms with Gasteiger partial charge >= 0.3 is 12.0 Å². The number of hydrogen-bond donors (Lipinski definition) is 3. The molecule has 3 N–H and O–H groups in total. The third-order valence-corrected chi connectivity index (χ3v) is 1.99. The molecule has 0 aliphatic heterocycles. The van der Waals surface area contributed by atoms with E-state index < -0.39 is 17.5 Å². The van der Waals surface area contributed by atoms with Gasteiger partial charge in [0.1, 0.15) is 5.54 Å². The molecule has 15 heavy (non-hydrogen) atoms. The first-order valence-corrected chi connectivity index (χ1v) is 4.76. The number of rotatable bonds is 5. The Bertz CT molecular complexity index is 240. The van der Waals surface area contributed by atoms with Gasteiger partial charge in [0.25, 0.3) is 0 Å². The summed E-state index contributed by atoms with van der Waals surface area (Å²) in [6.07, 6.45) is 0. The minimum absolute atomic E-state index is 0.144. The van der Waals surface area contributed by atoms with Crippen LogP contribution in [-0.4, -0.2) is 52.3 Å². The van der Waals surface area contributed by atoms with E-state index in [1.807, 2.05) is 0 Å². The highest BCUT2D eigenvalue weighted by Gasteiger charge is 2.30. The number of carbonyl (C=O) groups is 2. The second kappa shape index (κ2) is 5.55. The van der Waals surface area contributed by atoms with Crippen LogP contribution in [0.15, 0.2) is 0 Å². The van der Waals surface area contributed by atoms with Crippen molar-refractivity contribution in [1.82, 2.24) is 10.2 Å². The molecule has 0 aromatic carbocycles. The summed E-state index contributed by atoms with van der Waals surface area (Å²) in [6.45, 7) is 5.03. The third-order valence-electron chi connectivity index (χ3n) is 1.99. The predicted octanol–water partition coefficient (Wildman–Crippen LogP) is -0.127. The lowest BCUT2D eigenvalue weighted by atomic mass is 10.1. The van der Waals surface area contributed by atoms with Crippen molar-refractivity contribution in [2.24, 2.45) is 0 Å². The summed E-state index contributed by atoms with van der Waals surface area (Å²) in [5.41, 5.74) is -1.31. The standard InChI is InChI=1S/C9H18N2O4/c1-4-11(5-6-12)8(15)10-9(2,3)7(13)14/h12H,4-6H2,1-3H3,(H,10,15)(H,13,14). The lowest BCUT2D eigenvalue weighted by molar-refractivity contribution is -0.143. The average Bonchev–Trinajstić information content (AvgIpc) is 2.12. The quantitative estimate of drug-likeness (QED) is 0.599. The summed E-state index contributed by atoms with van der Waals surface area (Å²) in [5, 5.41) is 19.8. The number of urea groups is 1. The molecule has 0 radical (unpaired) electrons. The second-order valence-electron chi connectivity index (χ2n) is 3.66. The highest BCUT2D eigenvalue weighted by atomic mass is 16.4. The molecule has 0 spiro atoms. The molecule has 0 aromatic rings. The van der Waals surface area contributed by atoms with Crippen LogP contribution < -0.4 is 5.32 Å². The van der Waals surface area contributed by atoms with Gasteiger partial charge in [-0.3, -0.25) is 0 Å². The van der Waals surface area contributed by atoms with Crippen LogP contribution in [0.3, 0.4) is 0 Å². The summed E-state index contributed by atoms with van der Waals surface area (Å²) in [5.74, 6) is -1.10. The molecule has 0 aliphatic carbocycles. The SMILES string of the molecule is CCN(CCO)C(=O)NC(C)(C)C(=O)O. The molecule has 0 aliphatic rings. The van der Waals surface area contributed by atoms with Gasteiger partial charge < -0.3 is 20.4 Å². The fourth-order valence-corrected chi connectivity index (χ4v) is 0.924. The van der Waals surface area contributed by atoms with Crippen molar-refractivity contribution in [1.29, 1.82) is 0 Å². The van der Waals surface area contributed by atoms with Crippen LogP contribution in [0.1, 0.15) is 20.8 Å². The largest absolute Gasteiger partial charge is 0.480 e. The molecule has 0 fully saturated rings. The van der Waals surface area contributed by atoms with Crippen LogP contribution in [0.2, 0.25) is 0 Å². The Morgan fingerprint density at radius 3 is 2.27 bits per heavy atom. The fraction of sp³-hybridized carbons (Fsp3) is 0.778. The van der Waals surface area contributed by atoms with E-state index in [1.54, 1.807) is 6.92 Å². The Morgan fingerprint density at radius 1 is 1.40 bits per heavy atom. The van der Waals surface area contributed by atoms with E-state index in [4.69, 9.17) is 10.2 Å². The minimum atomic E-state index is -1.31. The van der Waals surface area contributed by atoms with E-state index >= 15 is 0 Å². The molecule has 2 amide bonds. The van der Waals surface area contributed by atoms with Gasteiger partial charge in [-0.1, -0.05) is 0 Å². The Morgan fingerprint density at radius 2 is 1.93 bits per heavy atom. The van der Waals surface area contributed by atoms with Crippen LogP contribution in [0.5, 0.6) is 0 Å². The number of amides is 2. The fourth-order valence-electron chi connectivity index (χ4n) is 0.924. The van der Waals surface area contributed by atoms with Gasteiger partial charge in [0.05, 0.1) is 6.61 Å². The van der Waals surface area contributed by atoms with E-state index in [1.165, 1.54) is 18.7 Å². The van der Waals surface area contributed by atoms with Gasteiger partial charge in [-0.15, -0.1) is 0 Å². The maximum Gasteiger partial charge on any atom is 0.328 e. The van der Waals surface area contributed by atoms with Gasteiger partial charge in [-0.25, -0.2) is 9.59 Å². The van der Waals surface area contributed by atoms with E-state index in [9.17, 15) is 9.59 Å². The van der Waals surface area contributed by atoms with Crippen molar-refractivity contribution in [2.45, 2.75) is 26.3 Å². The number of nitrogens with one attached hydrogen (secondary N) is 1. The van der Waals surface area contributed by atoms with Crippen molar-refractivity contribution in [3.8, 4) is 0 Å². The van der Waals surface area contributed by atoms with Crippen LogP contribution in [0.4, 0.5) is 4.79 Å². The number of aliphatic hydroxyl groups excluding tert-OH is 1.